The van der Waals surface area contributed by atoms with Gasteiger partial charge in [-0.05, 0) is 42.5 Å². The van der Waals surface area contributed by atoms with Crippen LogP contribution in [0.25, 0.3) is 22.4 Å². The number of hydrogen-bond acceptors (Lipinski definition) is 5. The highest BCUT2D eigenvalue weighted by Gasteiger charge is 2.32. The molecule has 5 rings (SSSR count). The summed E-state index contributed by atoms with van der Waals surface area (Å²) in [5.41, 5.74) is 1.37. The van der Waals surface area contributed by atoms with Crippen LogP contribution < -0.4 is 0 Å². The Kier molecular flexibility index (Phi) is 5.62. The second-order valence-electron chi connectivity index (χ2n) is 8.25. The molecule has 34 heavy (non-hydrogen) atoms. The fourth-order valence-corrected chi connectivity index (χ4v) is 6.30. The number of nitrogens with zero attached hydrogens (tertiary/aromatic N) is 5. The van der Waals surface area contributed by atoms with Crippen LogP contribution in [0, 0.1) is 22.7 Å². The Morgan fingerprint density at radius 3 is 2.44 bits per heavy atom. The third kappa shape index (κ3) is 3.73. The number of imidazole rings is 1. The standard InChI is InChI=1S/C26H21N5O2S/c27-17-19(18-28)16-23-24-9-3-4-13-31(24)26(29-23)21-11-14-30(15-12-21)34(32,33)25-10-5-7-20-6-1-2-8-22(20)25/h1-10,13,16,21H,11-12,14-15H2. The van der Waals surface area contributed by atoms with Crippen LogP contribution in [0.15, 0.2) is 77.3 Å². The van der Waals surface area contributed by atoms with Crippen LogP contribution in [0.4, 0.5) is 0 Å². The van der Waals surface area contributed by atoms with Gasteiger partial charge in [-0.15, -0.1) is 0 Å². The summed E-state index contributed by atoms with van der Waals surface area (Å²) in [6, 6.07) is 22.3. The normalized spacial score (nSPS) is 15.1. The monoisotopic (exact) mass is 467 g/mol. The van der Waals surface area contributed by atoms with Crippen LogP contribution in [0.3, 0.4) is 0 Å². The number of fused-ring (bicyclic) bond motifs is 2. The summed E-state index contributed by atoms with van der Waals surface area (Å²) in [6.45, 7) is 0.787. The van der Waals surface area contributed by atoms with Crippen LogP contribution in [0.5, 0.6) is 0 Å². The van der Waals surface area contributed by atoms with E-state index in [1.165, 1.54) is 6.08 Å². The highest BCUT2D eigenvalue weighted by Crippen LogP contribution is 2.33. The highest BCUT2D eigenvalue weighted by molar-refractivity contribution is 7.89. The molecule has 2 aromatic heterocycles. The summed E-state index contributed by atoms with van der Waals surface area (Å²) in [4.78, 5) is 5.09. The fraction of sp³-hybridized carbons (Fsp3) is 0.192. The Balaban J connectivity index is 1.44. The van der Waals surface area contributed by atoms with E-state index in [1.54, 1.807) is 16.4 Å². The van der Waals surface area contributed by atoms with E-state index in [1.807, 2.05) is 71.3 Å². The smallest absolute Gasteiger partial charge is 0.243 e. The molecule has 0 amide bonds. The lowest BCUT2D eigenvalue weighted by Gasteiger charge is -2.31. The van der Waals surface area contributed by atoms with Crippen molar-refractivity contribution in [2.24, 2.45) is 0 Å². The minimum Gasteiger partial charge on any atom is -0.303 e. The molecule has 0 aliphatic carbocycles. The van der Waals surface area contributed by atoms with E-state index in [9.17, 15) is 8.42 Å². The summed E-state index contributed by atoms with van der Waals surface area (Å²) in [6.07, 6.45) is 4.67. The molecule has 1 aliphatic heterocycles. The Bertz CT molecular complexity index is 1590. The van der Waals surface area contributed by atoms with Crippen molar-refractivity contribution in [2.45, 2.75) is 23.7 Å². The lowest BCUT2D eigenvalue weighted by atomic mass is 9.97. The van der Waals surface area contributed by atoms with E-state index >= 15 is 0 Å². The number of piperidine rings is 1. The molecule has 2 aromatic carbocycles. The maximum atomic E-state index is 13.5. The van der Waals surface area contributed by atoms with Gasteiger partial charge in [0.25, 0.3) is 0 Å². The summed E-state index contributed by atoms with van der Waals surface area (Å²) < 4.78 is 30.5. The first-order valence-corrected chi connectivity index (χ1v) is 12.4. The summed E-state index contributed by atoms with van der Waals surface area (Å²) in [5.74, 6) is 0.878. The van der Waals surface area contributed by atoms with Crippen molar-refractivity contribution in [2.75, 3.05) is 13.1 Å². The number of benzene rings is 2. The number of allylic oxidation sites excluding steroid dienone is 1. The van der Waals surface area contributed by atoms with Gasteiger partial charge in [-0.1, -0.05) is 42.5 Å². The van der Waals surface area contributed by atoms with Gasteiger partial charge in [0.15, 0.2) is 0 Å². The van der Waals surface area contributed by atoms with Gasteiger partial charge in [0.1, 0.15) is 23.5 Å². The maximum Gasteiger partial charge on any atom is 0.243 e. The molecule has 1 aliphatic rings. The summed E-state index contributed by atoms with van der Waals surface area (Å²) in [5, 5.41) is 19.9. The molecule has 4 aromatic rings. The van der Waals surface area contributed by atoms with Crippen LogP contribution in [-0.2, 0) is 10.0 Å². The number of pyridine rings is 1. The summed E-state index contributed by atoms with van der Waals surface area (Å²) in [7, 11) is -3.63. The molecule has 0 radical (unpaired) electrons. The van der Waals surface area contributed by atoms with E-state index in [0.717, 1.165) is 22.1 Å². The van der Waals surface area contributed by atoms with Gasteiger partial charge in [0.05, 0.1) is 16.1 Å². The Labute approximate surface area is 197 Å². The number of rotatable bonds is 4. The predicted octanol–water partition coefficient (Wildman–Crippen LogP) is 4.49. The van der Waals surface area contributed by atoms with Crippen LogP contribution in [0.1, 0.15) is 30.3 Å². The van der Waals surface area contributed by atoms with Crippen molar-refractivity contribution in [3.63, 3.8) is 0 Å². The van der Waals surface area contributed by atoms with E-state index in [0.29, 0.717) is 36.5 Å². The molecule has 0 N–H and O–H groups in total. The molecular formula is C26H21N5O2S. The first kappa shape index (κ1) is 21.8. The van der Waals surface area contributed by atoms with Crippen LogP contribution in [0.2, 0.25) is 0 Å². The van der Waals surface area contributed by atoms with Crippen molar-refractivity contribution in [1.29, 1.82) is 10.5 Å². The van der Waals surface area contributed by atoms with Crippen molar-refractivity contribution in [1.82, 2.24) is 13.7 Å². The number of sulfonamides is 1. The average Bonchev–Trinajstić information content (AvgIpc) is 3.25. The van der Waals surface area contributed by atoms with Crippen molar-refractivity contribution < 1.29 is 8.42 Å². The minimum atomic E-state index is -3.63. The van der Waals surface area contributed by atoms with Gasteiger partial charge in [-0.3, -0.25) is 0 Å². The zero-order valence-electron chi connectivity index (χ0n) is 18.3. The number of aromatic nitrogens is 2. The first-order valence-electron chi connectivity index (χ1n) is 11.0. The predicted molar refractivity (Wildman–Crippen MR) is 129 cm³/mol. The topological polar surface area (TPSA) is 102 Å². The van der Waals surface area contributed by atoms with E-state index in [4.69, 9.17) is 15.5 Å². The van der Waals surface area contributed by atoms with Crippen LogP contribution in [-0.4, -0.2) is 35.2 Å². The molecule has 168 valence electrons. The SMILES string of the molecule is N#CC(C#N)=Cc1nc(C2CCN(S(=O)(=O)c3cccc4ccccc34)CC2)n2ccccc12. The molecule has 1 fully saturated rings. The third-order valence-electron chi connectivity index (χ3n) is 6.31. The lowest BCUT2D eigenvalue weighted by molar-refractivity contribution is 0.313. The average molecular weight is 468 g/mol. The quantitative estimate of drug-likeness (QED) is 0.412. The van der Waals surface area contributed by atoms with Crippen molar-refractivity contribution >= 4 is 32.4 Å². The molecule has 0 saturated carbocycles. The van der Waals surface area contributed by atoms with E-state index < -0.39 is 10.0 Å². The second kappa shape index (κ2) is 8.75. The molecule has 0 atom stereocenters. The van der Waals surface area contributed by atoms with Gasteiger partial charge in [0.2, 0.25) is 10.0 Å². The number of hydrogen-bond donors (Lipinski definition) is 0. The zero-order chi connectivity index (χ0) is 23.7. The lowest BCUT2D eigenvalue weighted by Crippen LogP contribution is -2.38. The van der Waals surface area contributed by atoms with E-state index in [2.05, 4.69) is 0 Å². The highest BCUT2D eigenvalue weighted by atomic mass is 32.2. The molecule has 0 spiro atoms. The fourth-order valence-electron chi connectivity index (χ4n) is 4.62. The Morgan fingerprint density at radius 2 is 1.68 bits per heavy atom. The third-order valence-corrected chi connectivity index (χ3v) is 8.27. The van der Waals surface area contributed by atoms with E-state index in [-0.39, 0.29) is 11.5 Å². The molecule has 0 unspecified atom stereocenters. The molecule has 3 heterocycles. The van der Waals surface area contributed by atoms with Crippen LogP contribution >= 0.6 is 0 Å². The molecular weight excluding hydrogens is 446 g/mol. The Hall–Kier alpha value is -3.98. The zero-order valence-corrected chi connectivity index (χ0v) is 19.1. The maximum absolute atomic E-state index is 13.5. The van der Waals surface area contributed by atoms with Crippen molar-refractivity contribution in [3.05, 3.63) is 84.0 Å². The second-order valence-corrected chi connectivity index (χ2v) is 10.2. The first-order chi connectivity index (χ1) is 16.5. The minimum absolute atomic E-state index is 0.00796. The van der Waals surface area contributed by atoms with Crippen molar-refractivity contribution in [3.8, 4) is 12.1 Å². The van der Waals surface area contributed by atoms with Gasteiger partial charge >= 0.3 is 0 Å². The summed E-state index contributed by atoms with van der Waals surface area (Å²) >= 11 is 0. The number of nitriles is 2. The molecule has 7 nitrogen and oxygen atoms in total. The van der Waals surface area contributed by atoms with Gasteiger partial charge in [-0.2, -0.15) is 14.8 Å². The van der Waals surface area contributed by atoms with Gasteiger partial charge < -0.3 is 4.40 Å². The molecule has 1 saturated heterocycles. The molecule has 0 bridgehead atoms. The largest absolute Gasteiger partial charge is 0.303 e. The molecule has 8 heteroatoms. The van der Waals surface area contributed by atoms with Gasteiger partial charge in [0, 0.05) is 30.6 Å². The van der Waals surface area contributed by atoms with Gasteiger partial charge in [-0.25, -0.2) is 13.4 Å². The Morgan fingerprint density at radius 1 is 0.971 bits per heavy atom.